The van der Waals surface area contributed by atoms with Crippen molar-refractivity contribution in [2.24, 2.45) is 5.92 Å². The van der Waals surface area contributed by atoms with Gasteiger partial charge >= 0.3 is 0 Å². The number of nitrogens with zero attached hydrogens (tertiary/aromatic N) is 2. The Labute approximate surface area is 123 Å². The molecule has 19 heavy (non-hydrogen) atoms. The zero-order valence-electron chi connectivity index (χ0n) is 12.1. The molecule has 114 valence electrons. The van der Waals surface area contributed by atoms with E-state index in [-0.39, 0.29) is 0 Å². The van der Waals surface area contributed by atoms with E-state index >= 15 is 0 Å². The van der Waals surface area contributed by atoms with Crippen molar-refractivity contribution in [2.45, 2.75) is 32.1 Å². The van der Waals surface area contributed by atoms with Gasteiger partial charge in [-0.1, -0.05) is 6.42 Å². The SMILES string of the molecule is CN(CCCCCCl)CC1CCCN(S(C)(=O)=O)C1. The largest absolute Gasteiger partial charge is 0.306 e. The van der Waals surface area contributed by atoms with E-state index in [2.05, 4.69) is 11.9 Å². The van der Waals surface area contributed by atoms with Crippen LogP contribution >= 0.6 is 11.6 Å². The first kappa shape index (κ1) is 17.2. The molecule has 1 fully saturated rings. The molecule has 0 amide bonds. The number of hydrogen-bond donors (Lipinski definition) is 0. The lowest BCUT2D eigenvalue weighted by Gasteiger charge is -2.33. The van der Waals surface area contributed by atoms with Gasteiger partial charge in [-0.3, -0.25) is 0 Å². The molecule has 1 saturated heterocycles. The van der Waals surface area contributed by atoms with E-state index in [0.717, 1.165) is 38.2 Å². The smallest absolute Gasteiger partial charge is 0.211 e. The second-order valence-electron chi connectivity index (χ2n) is 5.64. The van der Waals surface area contributed by atoms with Crippen LogP contribution in [0.5, 0.6) is 0 Å². The van der Waals surface area contributed by atoms with Crippen LogP contribution < -0.4 is 0 Å². The predicted molar refractivity (Wildman–Crippen MR) is 81.2 cm³/mol. The molecule has 0 radical (unpaired) electrons. The Kier molecular flexibility index (Phi) is 7.65. The maximum atomic E-state index is 11.6. The van der Waals surface area contributed by atoms with Crippen LogP contribution in [0.4, 0.5) is 0 Å². The van der Waals surface area contributed by atoms with E-state index in [9.17, 15) is 8.42 Å². The van der Waals surface area contributed by atoms with Crippen LogP contribution in [0, 0.1) is 5.92 Å². The molecule has 1 unspecified atom stereocenters. The number of halogens is 1. The fourth-order valence-electron chi connectivity index (χ4n) is 2.66. The molecule has 6 heteroatoms. The predicted octanol–water partition coefficient (Wildman–Crippen LogP) is 2.00. The van der Waals surface area contributed by atoms with Crippen molar-refractivity contribution in [3.8, 4) is 0 Å². The topological polar surface area (TPSA) is 40.6 Å². The highest BCUT2D eigenvalue weighted by atomic mass is 35.5. The number of unbranched alkanes of at least 4 members (excludes halogenated alkanes) is 2. The lowest BCUT2D eigenvalue weighted by molar-refractivity contribution is 0.199. The summed E-state index contributed by atoms with van der Waals surface area (Å²) in [5.41, 5.74) is 0. The summed E-state index contributed by atoms with van der Waals surface area (Å²) < 4.78 is 24.8. The second-order valence-corrected chi connectivity index (χ2v) is 8.00. The van der Waals surface area contributed by atoms with Crippen molar-refractivity contribution in [3.63, 3.8) is 0 Å². The van der Waals surface area contributed by atoms with Crippen molar-refractivity contribution in [1.82, 2.24) is 9.21 Å². The van der Waals surface area contributed by atoms with Crippen LogP contribution in [0.2, 0.25) is 0 Å². The molecule has 0 bridgehead atoms. The standard InChI is InChI=1S/C13H27ClN2O2S/c1-15(9-5-3-4-8-14)11-13-7-6-10-16(12-13)19(2,17)18/h13H,3-12H2,1-2H3. The van der Waals surface area contributed by atoms with Crippen molar-refractivity contribution >= 4 is 21.6 Å². The van der Waals surface area contributed by atoms with Crippen LogP contribution in [0.1, 0.15) is 32.1 Å². The third-order valence-corrected chi connectivity index (χ3v) is 5.23. The average molecular weight is 311 g/mol. The minimum absolute atomic E-state index is 0.474. The van der Waals surface area contributed by atoms with Gasteiger partial charge in [-0.25, -0.2) is 12.7 Å². The first-order chi connectivity index (χ1) is 8.93. The molecule has 0 aromatic heterocycles. The monoisotopic (exact) mass is 310 g/mol. The van der Waals surface area contributed by atoms with E-state index in [1.54, 1.807) is 4.31 Å². The van der Waals surface area contributed by atoms with E-state index < -0.39 is 10.0 Å². The highest BCUT2D eigenvalue weighted by Gasteiger charge is 2.26. The summed E-state index contributed by atoms with van der Waals surface area (Å²) in [6, 6.07) is 0. The Morgan fingerprint density at radius 1 is 1.32 bits per heavy atom. The number of alkyl halides is 1. The molecule has 1 heterocycles. The third kappa shape index (κ3) is 6.93. The normalized spacial score (nSPS) is 22.0. The molecule has 0 aliphatic carbocycles. The molecule has 0 spiro atoms. The number of rotatable bonds is 8. The minimum atomic E-state index is -3.02. The zero-order chi connectivity index (χ0) is 14.3. The Morgan fingerprint density at radius 2 is 2.05 bits per heavy atom. The molecule has 0 aromatic rings. The average Bonchev–Trinajstić information content (AvgIpc) is 2.34. The maximum Gasteiger partial charge on any atom is 0.211 e. The number of piperidine rings is 1. The van der Waals surface area contributed by atoms with Crippen molar-refractivity contribution in [2.75, 3.05) is 45.4 Å². The Bertz CT molecular complexity index is 349. The highest BCUT2D eigenvalue weighted by molar-refractivity contribution is 7.88. The summed E-state index contributed by atoms with van der Waals surface area (Å²) in [6.07, 6.45) is 6.86. The summed E-state index contributed by atoms with van der Waals surface area (Å²) >= 11 is 5.66. The maximum absolute atomic E-state index is 11.6. The molecule has 1 aliphatic rings. The third-order valence-electron chi connectivity index (χ3n) is 3.69. The van der Waals surface area contributed by atoms with Gasteiger partial charge in [0, 0.05) is 25.5 Å². The molecule has 1 rings (SSSR count). The van der Waals surface area contributed by atoms with Gasteiger partial charge in [0.15, 0.2) is 0 Å². The molecule has 4 nitrogen and oxygen atoms in total. The lowest BCUT2D eigenvalue weighted by atomic mass is 9.99. The summed E-state index contributed by atoms with van der Waals surface area (Å²) in [6.45, 7) is 3.44. The first-order valence-corrected chi connectivity index (χ1v) is 9.51. The van der Waals surface area contributed by atoms with E-state index in [1.807, 2.05) is 0 Å². The Hall–Kier alpha value is 0.160. The molecule has 1 aliphatic heterocycles. The van der Waals surface area contributed by atoms with Crippen LogP contribution in [-0.4, -0.2) is 63.0 Å². The molecule has 0 aromatic carbocycles. The summed E-state index contributed by atoms with van der Waals surface area (Å²) in [4.78, 5) is 2.32. The van der Waals surface area contributed by atoms with Gasteiger partial charge in [-0.05, 0) is 45.2 Å². The molecular weight excluding hydrogens is 284 g/mol. The first-order valence-electron chi connectivity index (χ1n) is 7.13. The molecule has 0 saturated carbocycles. The second kappa shape index (κ2) is 8.45. The fourth-order valence-corrected chi connectivity index (χ4v) is 3.79. The fraction of sp³-hybridized carbons (Fsp3) is 1.00. The highest BCUT2D eigenvalue weighted by Crippen LogP contribution is 2.19. The van der Waals surface area contributed by atoms with Crippen LogP contribution in [0.3, 0.4) is 0 Å². The van der Waals surface area contributed by atoms with Gasteiger partial charge in [0.25, 0.3) is 0 Å². The van der Waals surface area contributed by atoms with Gasteiger partial charge in [0.1, 0.15) is 0 Å². The van der Waals surface area contributed by atoms with Crippen LogP contribution in [0.25, 0.3) is 0 Å². The van der Waals surface area contributed by atoms with Crippen LogP contribution in [-0.2, 0) is 10.0 Å². The molecular formula is C13H27ClN2O2S. The summed E-state index contributed by atoms with van der Waals surface area (Å²) in [5, 5.41) is 0. The molecule has 0 N–H and O–H groups in total. The summed E-state index contributed by atoms with van der Waals surface area (Å²) in [7, 11) is -0.894. The minimum Gasteiger partial charge on any atom is -0.306 e. The number of hydrogen-bond acceptors (Lipinski definition) is 3. The van der Waals surface area contributed by atoms with Gasteiger partial charge < -0.3 is 4.90 Å². The van der Waals surface area contributed by atoms with Crippen molar-refractivity contribution in [3.05, 3.63) is 0 Å². The summed E-state index contributed by atoms with van der Waals surface area (Å²) in [5.74, 6) is 1.22. The van der Waals surface area contributed by atoms with Crippen molar-refractivity contribution in [1.29, 1.82) is 0 Å². The van der Waals surface area contributed by atoms with Crippen LogP contribution in [0.15, 0.2) is 0 Å². The lowest BCUT2D eigenvalue weighted by Crippen LogP contribution is -2.42. The van der Waals surface area contributed by atoms with Gasteiger partial charge in [-0.2, -0.15) is 0 Å². The van der Waals surface area contributed by atoms with Gasteiger partial charge in [0.05, 0.1) is 6.26 Å². The number of sulfonamides is 1. The quantitative estimate of drug-likeness (QED) is 0.508. The zero-order valence-corrected chi connectivity index (χ0v) is 13.7. The van der Waals surface area contributed by atoms with E-state index in [1.165, 1.54) is 19.1 Å². The van der Waals surface area contributed by atoms with Gasteiger partial charge in [0.2, 0.25) is 10.0 Å². The Balaban J connectivity index is 2.28. The molecule has 1 atom stereocenters. The van der Waals surface area contributed by atoms with Gasteiger partial charge in [-0.15, -0.1) is 11.6 Å². The van der Waals surface area contributed by atoms with Crippen molar-refractivity contribution < 1.29 is 8.42 Å². The van der Waals surface area contributed by atoms with E-state index in [0.29, 0.717) is 19.0 Å². The van der Waals surface area contributed by atoms with E-state index in [4.69, 9.17) is 11.6 Å². The Morgan fingerprint density at radius 3 is 2.68 bits per heavy atom.